The summed E-state index contributed by atoms with van der Waals surface area (Å²) in [5.74, 6) is 1.48. The van der Waals surface area contributed by atoms with Crippen LogP contribution in [-0.2, 0) is 6.54 Å². The molecule has 1 heterocycles. The topological polar surface area (TPSA) is 38.9 Å². The first-order chi connectivity index (χ1) is 9.78. The first-order valence-corrected chi connectivity index (χ1v) is 8.34. The van der Waals surface area contributed by atoms with Gasteiger partial charge in [-0.3, -0.25) is 0 Å². The van der Waals surface area contributed by atoms with Gasteiger partial charge in [0.15, 0.2) is 0 Å². The molecule has 2 N–H and O–H groups in total. The Kier molecular flexibility index (Phi) is 4.18. The van der Waals surface area contributed by atoms with Crippen LogP contribution >= 0.6 is 11.3 Å². The van der Waals surface area contributed by atoms with Gasteiger partial charge in [-0.2, -0.15) is 0 Å². The molecule has 0 radical (unpaired) electrons. The first kappa shape index (κ1) is 13.8. The van der Waals surface area contributed by atoms with Crippen molar-refractivity contribution in [2.75, 3.05) is 0 Å². The summed E-state index contributed by atoms with van der Waals surface area (Å²) in [6.45, 7) is 2.89. The summed E-state index contributed by atoms with van der Waals surface area (Å²) >= 11 is 1.85. The van der Waals surface area contributed by atoms with E-state index in [4.69, 9.17) is 10.7 Å². The van der Waals surface area contributed by atoms with Crippen LogP contribution in [0.15, 0.2) is 30.3 Å². The molecule has 2 atom stereocenters. The minimum Gasteiger partial charge on any atom is -0.325 e. The Bertz CT molecular complexity index is 562. The highest BCUT2D eigenvalue weighted by atomic mass is 32.1. The van der Waals surface area contributed by atoms with Crippen molar-refractivity contribution in [1.82, 2.24) is 4.98 Å². The molecule has 0 saturated heterocycles. The van der Waals surface area contributed by atoms with Crippen LogP contribution < -0.4 is 5.73 Å². The summed E-state index contributed by atoms with van der Waals surface area (Å²) in [6.07, 6.45) is 5.28. The number of nitrogens with two attached hydrogens (primary N) is 1. The van der Waals surface area contributed by atoms with Gasteiger partial charge in [-0.15, -0.1) is 11.3 Å². The molecule has 2 aromatic rings. The van der Waals surface area contributed by atoms with E-state index in [1.807, 2.05) is 11.3 Å². The van der Waals surface area contributed by atoms with Crippen molar-refractivity contribution in [3.63, 3.8) is 0 Å². The van der Waals surface area contributed by atoms with Gasteiger partial charge in [-0.05, 0) is 24.3 Å². The van der Waals surface area contributed by atoms with Crippen molar-refractivity contribution < 1.29 is 0 Å². The predicted molar refractivity (Wildman–Crippen MR) is 85.8 cm³/mol. The van der Waals surface area contributed by atoms with E-state index in [1.54, 1.807) is 0 Å². The van der Waals surface area contributed by atoms with Gasteiger partial charge in [-0.25, -0.2) is 4.98 Å². The lowest BCUT2D eigenvalue weighted by atomic mass is 9.83. The molecular formula is C17H22N2S. The number of benzene rings is 1. The molecule has 20 heavy (non-hydrogen) atoms. The fourth-order valence-corrected chi connectivity index (χ4v) is 4.40. The number of hydrogen-bond donors (Lipinski definition) is 1. The van der Waals surface area contributed by atoms with Gasteiger partial charge >= 0.3 is 0 Å². The Balaban J connectivity index is 1.92. The molecule has 1 aliphatic carbocycles. The van der Waals surface area contributed by atoms with E-state index in [0.29, 0.717) is 12.5 Å². The third kappa shape index (κ3) is 2.79. The average Bonchev–Trinajstić information content (AvgIpc) is 2.92. The maximum absolute atomic E-state index is 5.90. The fraction of sp³-hybridized carbons (Fsp3) is 0.471. The third-order valence-electron chi connectivity index (χ3n) is 4.23. The molecule has 2 unspecified atom stereocenters. The van der Waals surface area contributed by atoms with E-state index in [9.17, 15) is 0 Å². The monoisotopic (exact) mass is 286 g/mol. The van der Waals surface area contributed by atoms with E-state index in [1.165, 1.54) is 41.1 Å². The smallest absolute Gasteiger partial charge is 0.0966 e. The minimum absolute atomic E-state index is 0.531. The maximum Gasteiger partial charge on any atom is 0.0966 e. The Hall–Kier alpha value is -1.19. The van der Waals surface area contributed by atoms with Crippen LogP contribution in [0.3, 0.4) is 0 Å². The summed E-state index contributed by atoms with van der Waals surface area (Å²) in [4.78, 5) is 6.12. The molecule has 3 rings (SSSR count). The second-order valence-corrected chi connectivity index (χ2v) is 6.90. The van der Waals surface area contributed by atoms with Crippen LogP contribution in [0, 0.1) is 5.92 Å². The molecule has 2 nitrogen and oxygen atoms in total. The van der Waals surface area contributed by atoms with E-state index in [2.05, 4.69) is 37.3 Å². The first-order valence-electron chi connectivity index (χ1n) is 7.53. The summed E-state index contributed by atoms with van der Waals surface area (Å²) < 4.78 is 0. The Morgan fingerprint density at radius 3 is 2.75 bits per heavy atom. The zero-order chi connectivity index (χ0) is 13.9. The maximum atomic E-state index is 5.90. The number of nitrogens with zero attached hydrogens (tertiary/aromatic N) is 1. The molecule has 1 aromatic heterocycles. The van der Waals surface area contributed by atoms with E-state index in [0.717, 1.165) is 11.6 Å². The largest absolute Gasteiger partial charge is 0.325 e. The van der Waals surface area contributed by atoms with Gasteiger partial charge in [-0.1, -0.05) is 50.1 Å². The van der Waals surface area contributed by atoms with Gasteiger partial charge in [0.25, 0.3) is 0 Å². The van der Waals surface area contributed by atoms with E-state index in [-0.39, 0.29) is 0 Å². The molecule has 1 saturated carbocycles. The molecule has 106 valence electrons. The second kappa shape index (κ2) is 6.06. The molecule has 0 bridgehead atoms. The zero-order valence-electron chi connectivity index (χ0n) is 12.0. The normalized spacial score (nSPS) is 22.9. The molecule has 0 aliphatic heterocycles. The Morgan fingerprint density at radius 1 is 1.25 bits per heavy atom. The molecule has 0 amide bonds. The number of aromatic nitrogens is 1. The average molecular weight is 286 g/mol. The number of thiazole rings is 1. The summed E-state index contributed by atoms with van der Waals surface area (Å²) in [5.41, 5.74) is 8.22. The Labute approximate surface area is 125 Å². The van der Waals surface area contributed by atoms with Crippen LogP contribution in [-0.4, -0.2) is 4.98 Å². The number of hydrogen-bond acceptors (Lipinski definition) is 3. The summed E-state index contributed by atoms with van der Waals surface area (Å²) in [7, 11) is 0. The van der Waals surface area contributed by atoms with Crippen molar-refractivity contribution >= 4 is 11.3 Å². The van der Waals surface area contributed by atoms with Crippen LogP contribution in [0.2, 0.25) is 0 Å². The van der Waals surface area contributed by atoms with Crippen molar-refractivity contribution in [3.8, 4) is 10.4 Å². The third-order valence-corrected chi connectivity index (χ3v) is 5.54. The van der Waals surface area contributed by atoms with E-state index >= 15 is 0 Å². The lowest BCUT2D eigenvalue weighted by Gasteiger charge is -2.24. The van der Waals surface area contributed by atoms with Crippen molar-refractivity contribution in [1.29, 1.82) is 0 Å². The quantitative estimate of drug-likeness (QED) is 0.898. The highest BCUT2D eigenvalue weighted by Gasteiger charge is 2.24. The van der Waals surface area contributed by atoms with Gasteiger partial charge < -0.3 is 5.73 Å². The van der Waals surface area contributed by atoms with Crippen molar-refractivity contribution in [3.05, 3.63) is 41.0 Å². The molecule has 1 fully saturated rings. The highest BCUT2D eigenvalue weighted by molar-refractivity contribution is 7.15. The van der Waals surface area contributed by atoms with Gasteiger partial charge in [0.05, 0.1) is 15.6 Å². The van der Waals surface area contributed by atoms with Crippen LogP contribution in [0.25, 0.3) is 10.4 Å². The molecule has 3 heteroatoms. The SMILES string of the molecule is CC1CCCC(c2nc(CN)c(-c3ccccc3)s2)C1. The van der Waals surface area contributed by atoms with Crippen LogP contribution in [0.5, 0.6) is 0 Å². The van der Waals surface area contributed by atoms with Gasteiger partial charge in [0.2, 0.25) is 0 Å². The highest BCUT2D eigenvalue weighted by Crippen LogP contribution is 2.40. The molecule has 1 aromatic carbocycles. The summed E-state index contributed by atoms with van der Waals surface area (Å²) in [5, 5.41) is 1.30. The molecular weight excluding hydrogens is 264 g/mol. The minimum atomic E-state index is 0.531. The zero-order valence-corrected chi connectivity index (χ0v) is 12.8. The van der Waals surface area contributed by atoms with E-state index < -0.39 is 0 Å². The Morgan fingerprint density at radius 2 is 2.05 bits per heavy atom. The standard InChI is InChI=1S/C17H22N2S/c1-12-6-5-9-14(10-12)17-19-15(11-18)16(20-17)13-7-3-2-4-8-13/h2-4,7-8,12,14H,5-6,9-11,18H2,1H3. The van der Waals surface area contributed by atoms with Crippen LogP contribution in [0.1, 0.15) is 49.2 Å². The lowest BCUT2D eigenvalue weighted by Crippen LogP contribution is -2.11. The lowest BCUT2D eigenvalue weighted by molar-refractivity contribution is 0.343. The summed E-state index contributed by atoms with van der Waals surface area (Å²) in [6, 6.07) is 10.5. The van der Waals surface area contributed by atoms with Crippen molar-refractivity contribution in [2.45, 2.75) is 45.1 Å². The fourth-order valence-electron chi connectivity index (χ4n) is 3.16. The van der Waals surface area contributed by atoms with Crippen molar-refractivity contribution in [2.24, 2.45) is 11.7 Å². The molecule has 1 aliphatic rings. The predicted octanol–water partition coefficient (Wildman–Crippen LogP) is 4.56. The number of rotatable bonds is 3. The van der Waals surface area contributed by atoms with Gasteiger partial charge in [0, 0.05) is 12.5 Å². The second-order valence-electron chi connectivity index (χ2n) is 5.87. The molecule has 0 spiro atoms. The van der Waals surface area contributed by atoms with Crippen LogP contribution in [0.4, 0.5) is 0 Å². The van der Waals surface area contributed by atoms with Gasteiger partial charge in [0.1, 0.15) is 0 Å².